The first kappa shape index (κ1) is 21.0. The van der Waals surface area contributed by atoms with Crippen LogP contribution in [0.3, 0.4) is 0 Å². The zero-order chi connectivity index (χ0) is 19.8. The van der Waals surface area contributed by atoms with Crippen molar-refractivity contribution in [2.24, 2.45) is 0 Å². The maximum atomic E-state index is 12.9. The van der Waals surface area contributed by atoms with Crippen molar-refractivity contribution in [3.8, 4) is 5.75 Å². The summed E-state index contributed by atoms with van der Waals surface area (Å²) in [5.41, 5.74) is 1.99. The van der Waals surface area contributed by atoms with Crippen LogP contribution in [0.15, 0.2) is 53.0 Å². The molecule has 1 N–H and O–H groups in total. The lowest BCUT2D eigenvalue weighted by Gasteiger charge is -2.28. The van der Waals surface area contributed by atoms with Crippen LogP contribution in [-0.2, 0) is 16.1 Å². The fraction of sp³-hybridized carbons (Fsp3) is 0.333. The van der Waals surface area contributed by atoms with Gasteiger partial charge in [-0.05, 0) is 56.2 Å². The van der Waals surface area contributed by atoms with Crippen LogP contribution >= 0.6 is 15.9 Å². The van der Waals surface area contributed by atoms with E-state index in [0.29, 0.717) is 18.8 Å². The molecule has 2 rings (SSSR count). The van der Waals surface area contributed by atoms with Gasteiger partial charge in [0, 0.05) is 17.6 Å². The molecule has 0 aromatic heterocycles. The van der Waals surface area contributed by atoms with Gasteiger partial charge in [-0.3, -0.25) is 9.59 Å². The largest absolute Gasteiger partial charge is 0.484 e. The van der Waals surface area contributed by atoms with Crippen molar-refractivity contribution in [2.45, 2.75) is 33.4 Å². The summed E-state index contributed by atoms with van der Waals surface area (Å²) in [6.07, 6.45) is 0. The van der Waals surface area contributed by atoms with E-state index in [4.69, 9.17) is 4.74 Å². The summed E-state index contributed by atoms with van der Waals surface area (Å²) in [7, 11) is 0. The molecular weight excluding hydrogens is 408 g/mol. The van der Waals surface area contributed by atoms with E-state index in [0.717, 1.165) is 15.6 Å². The van der Waals surface area contributed by atoms with Gasteiger partial charge in [0.25, 0.3) is 5.91 Å². The van der Waals surface area contributed by atoms with Gasteiger partial charge in [-0.1, -0.05) is 40.2 Å². The number of nitrogens with zero attached hydrogens (tertiary/aromatic N) is 1. The highest BCUT2D eigenvalue weighted by molar-refractivity contribution is 9.10. The average molecular weight is 433 g/mol. The standard InChI is InChI=1S/C21H25BrN2O3/c1-4-23-21(26)16(3)24(13-17-8-6-9-18(22)12-17)20(25)14-27-19-10-5-7-15(2)11-19/h5-12,16H,4,13-14H2,1-3H3,(H,23,26). The summed E-state index contributed by atoms with van der Waals surface area (Å²) < 4.78 is 6.57. The number of carbonyl (C=O) groups is 2. The number of benzene rings is 2. The van der Waals surface area contributed by atoms with Crippen LogP contribution in [0.4, 0.5) is 0 Å². The first-order chi connectivity index (χ1) is 12.9. The molecule has 0 aliphatic heterocycles. The van der Waals surface area contributed by atoms with E-state index in [1.165, 1.54) is 0 Å². The van der Waals surface area contributed by atoms with Gasteiger partial charge >= 0.3 is 0 Å². The number of aryl methyl sites for hydroxylation is 1. The molecule has 0 fully saturated rings. The smallest absolute Gasteiger partial charge is 0.261 e. The lowest BCUT2D eigenvalue weighted by atomic mass is 10.1. The number of halogens is 1. The Bertz CT molecular complexity index is 795. The molecule has 5 nitrogen and oxygen atoms in total. The molecule has 0 aliphatic rings. The molecule has 0 bridgehead atoms. The number of ether oxygens (including phenoxy) is 1. The molecule has 1 unspecified atom stereocenters. The number of likely N-dealkylation sites (N-methyl/N-ethyl adjacent to an activating group) is 1. The Morgan fingerprint density at radius 2 is 1.93 bits per heavy atom. The third-order valence-corrected chi connectivity index (χ3v) is 4.61. The maximum absolute atomic E-state index is 12.9. The first-order valence-corrected chi connectivity index (χ1v) is 9.71. The molecule has 6 heteroatoms. The molecule has 0 radical (unpaired) electrons. The molecule has 0 saturated carbocycles. The number of amides is 2. The van der Waals surface area contributed by atoms with E-state index in [1.54, 1.807) is 11.8 Å². The average Bonchev–Trinajstić information content (AvgIpc) is 2.64. The molecule has 2 aromatic carbocycles. The molecule has 1 atom stereocenters. The zero-order valence-corrected chi connectivity index (χ0v) is 17.5. The Morgan fingerprint density at radius 1 is 1.19 bits per heavy atom. The Labute approximate surface area is 168 Å². The summed E-state index contributed by atoms with van der Waals surface area (Å²) in [4.78, 5) is 26.7. The monoisotopic (exact) mass is 432 g/mol. The topological polar surface area (TPSA) is 58.6 Å². The minimum Gasteiger partial charge on any atom is -0.484 e. The Hall–Kier alpha value is -2.34. The highest BCUT2D eigenvalue weighted by Gasteiger charge is 2.26. The van der Waals surface area contributed by atoms with Gasteiger partial charge in [0.1, 0.15) is 11.8 Å². The van der Waals surface area contributed by atoms with Crippen LogP contribution in [0.25, 0.3) is 0 Å². The van der Waals surface area contributed by atoms with Crippen molar-refractivity contribution in [2.75, 3.05) is 13.2 Å². The van der Waals surface area contributed by atoms with Crippen LogP contribution in [0.1, 0.15) is 25.0 Å². The van der Waals surface area contributed by atoms with E-state index in [9.17, 15) is 9.59 Å². The van der Waals surface area contributed by atoms with Crippen molar-refractivity contribution >= 4 is 27.7 Å². The third kappa shape index (κ3) is 6.40. The van der Waals surface area contributed by atoms with E-state index >= 15 is 0 Å². The second-order valence-corrected chi connectivity index (χ2v) is 7.24. The minimum absolute atomic E-state index is 0.124. The van der Waals surface area contributed by atoms with Crippen LogP contribution in [0, 0.1) is 6.92 Å². The number of carbonyl (C=O) groups excluding carboxylic acids is 2. The van der Waals surface area contributed by atoms with Gasteiger partial charge in [-0.2, -0.15) is 0 Å². The molecule has 0 heterocycles. The Kier molecular flexibility index (Phi) is 7.85. The quantitative estimate of drug-likeness (QED) is 0.691. The highest BCUT2D eigenvalue weighted by atomic mass is 79.9. The van der Waals surface area contributed by atoms with Gasteiger partial charge in [-0.15, -0.1) is 0 Å². The Morgan fingerprint density at radius 3 is 2.59 bits per heavy atom. The maximum Gasteiger partial charge on any atom is 0.261 e. The minimum atomic E-state index is -0.599. The summed E-state index contributed by atoms with van der Waals surface area (Å²) in [6, 6.07) is 14.6. The molecule has 144 valence electrons. The summed E-state index contributed by atoms with van der Waals surface area (Å²) >= 11 is 3.44. The van der Waals surface area contributed by atoms with E-state index < -0.39 is 6.04 Å². The Balaban J connectivity index is 2.14. The van der Waals surface area contributed by atoms with Crippen LogP contribution in [-0.4, -0.2) is 35.9 Å². The van der Waals surface area contributed by atoms with Gasteiger partial charge in [0.2, 0.25) is 5.91 Å². The summed E-state index contributed by atoms with van der Waals surface area (Å²) in [6.45, 7) is 6.27. The fourth-order valence-electron chi connectivity index (χ4n) is 2.67. The molecule has 0 saturated heterocycles. The third-order valence-electron chi connectivity index (χ3n) is 4.11. The fourth-order valence-corrected chi connectivity index (χ4v) is 3.12. The van der Waals surface area contributed by atoms with Gasteiger partial charge < -0.3 is 15.0 Å². The summed E-state index contributed by atoms with van der Waals surface area (Å²) in [5, 5.41) is 2.78. The number of nitrogens with one attached hydrogen (secondary N) is 1. The van der Waals surface area contributed by atoms with E-state index in [1.807, 2.05) is 62.4 Å². The second-order valence-electron chi connectivity index (χ2n) is 6.33. The number of rotatable bonds is 8. The molecule has 27 heavy (non-hydrogen) atoms. The predicted molar refractivity (Wildman–Crippen MR) is 110 cm³/mol. The van der Waals surface area contributed by atoms with Crippen molar-refractivity contribution in [1.29, 1.82) is 0 Å². The van der Waals surface area contributed by atoms with Crippen LogP contribution < -0.4 is 10.1 Å². The van der Waals surface area contributed by atoms with Crippen molar-refractivity contribution < 1.29 is 14.3 Å². The molecule has 2 amide bonds. The SMILES string of the molecule is CCNC(=O)C(C)N(Cc1cccc(Br)c1)C(=O)COc1cccc(C)c1. The highest BCUT2D eigenvalue weighted by Crippen LogP contribution is 2.16. The lowest BCUT2D eigenvalue weighted by Crippen LogP contribution is -2.49. The molecule has 2 aromatic rings. The zero-order valence-electron chi connectivity index (χ0n) is 15.9. The first-order valence-electron chi connectivity index (χ1n) is 8.91. The number of hydrogen-bond acceptors (Lipinski definition) is 3. The van der Waals surface area contributed by atoms with Gasteiger partial charge in [0.05, 0.1) is 0 Å². The van der Waals surface area contributed by atoms with E-state index in [-0.39, 0.29) is 18.4 Å². The van der Waals surface area contributed by atoms with Crippen LogP contribution in [0.5, 0.6) is 5.75 Å². The predicted octanol–water partition coefficient (Wildman–Crippen LogP) is 3.69. The lowest BCUT2D eigenvalue weighted by molar-refractivity contribution is -0.142. The number of hydrogen-bond donors (Lipinski definition) is 1. The van der Waals surface area contributed by atoms with E-state index in [2.05, 4.69) is 21.2 Å². The second kappa shape index (κ2) is 10.1. The molecular formula is C21H25BrN2O3. The van der Waals surface area contributed by atoms with Gasteiger partial charge in [-0.25, -0.2) is 0 Å². The van der Waals surface area contributed by atoms with Crippen molar-refractivity contribution in [3.05, 3.63) is 64.1 Å². The normalized spacial score (nSPS) is 11.6. The van der Waals surface area contributed by atoms with Crippen molar-refractivity contribution in [3.63, 3.8) is 0 Å². The van der Waals surface area contributed by atoms with Gasteiger partial charge in [0.15, 0.2) is 6.61 Å². The van der Waals surface area contributed by atoms with Crippen molar-refractivity contribution in [1.82, 2.24) is 10.2 Å². The summed E-state index contributed by atoms with van der Waals surface area (Å²) in [5.74, 6) is 0.211. The molecule has 0 spiro atoms. The molecule has 0 aliphatic carbocycles. The van der Waals surface area contributed by atoms with Crippen LogP contribution in [0.2, 0.25) is 0 Å².